The standard InChI is InChI=1S/C14H20BrN3OS/c1-4-16-13-12(5-11(15)6-17-13)14(19)18-7-9(2)20-10(3)8-18/h5-6,9-10H,4,7-8H2,1-3H3,(H,16,17). The van der Waals surface area contributed by atoms with Crippen LogP contribution in [0.25, 0.3) is 0 Å². The Bertz CT molecular complexity index is 487. The van der Waals surface area contributed by atoms with E-state index in [4.69, 9.17) is 0 Å². The van der Waals surface area contributed by atoms with Crippen molar-refractivity contribution >= 4 is 39.4 Å². The number of amides is 1. The van der Waals surface area contributed by atoms with Gasteiger partial charge in [0, 0.05) is 40.8 Å². The second-order valence-corrected chi connectivity index (χ2v) is 7.84. The highest BCUT2D eigenvalue weighted by atomic mass is 79.9. The van der Waals surface area contributed by atoms with Gasteiger partial charge >= 0.3 is 0 Å². The normalized spacial score (nSPS) is 22.7. The van der Waals surface area contributed by atoms with E-state index in [0.717, 1.165) is 24.1 Å². The largest absolute Gasteiger partial charge is 0.370 e. The average molecular weight is 358 g/mol. The molecular formula is C14H20BrN3OS. The van der Waals surface area contributed by atoms with Crippen LogP contribution in [0, 0.1) is 0 Å². The molecule has 6 heteroatoms. The molecule has 1 aliphatic heterocycles. The van der Waals surface area contributed by atoms with Crippen molar-refractivity contribution in [3.63, 3.8) is 0 Å². The summed E-state index contributed by atoms with van der Waals surface area (Å²) in [7, 11) is 0. The second-order valence-electron chi connectivity index (χ2n) is 5.05. The third kappa shape index (κ3) is 3.67. The highest BCUT2D eigenvalue weighted by Gasteiger charge is 2.28. The van der Waals surface area contributed by atoms with Crippen molar-refractivity contribution in [3.05, 3.63) is 22.3 Å². The highest BCUT2D eigenvalue weighted by molar-refractivity contribution is 9.10. The number of nitrogens with one attached hydrogen (secondary N) is 1. The molecule has 2 atom stereocenters. The SMILES string of the molecule is CCNc1ncc(Br)cc1C(=O)N1CC(C)SC(C)C1. The molecule has 0 aromatic carbocycles. The summed E-state index contributed by atoms with van der Waals surface area (Å²) in [5.74, 6) is 0.730. The number of carbonyl (C=O) groups excluding carboxylic acids is 1. The van der Waals surface area contributed by atoms with E-state index >= 15 is 0 Å². The minimum absolute atomic E-state index is 0.0637. The van der Waals surface area contributed by atoms with Crippen LogP contribution in [0.3, 0.4) is 0 Å². The fourth-order valence-electron chi connectivity index (χ4n) is 2.42. The Balaban J connectivity index is 2.25. The van der Waals surface area contributed by atoms with Crippen molar-refractivity contribution in [2.75, 3.05) is 25.0 Å². The monoisotopic (exact) mass is 357 g/mol. The predicted molar refractivity (Wildman–Crippen MR) is 88.5 cm³/mol. The first-order valence-corrected chi connectivity index (χ1v) is 8.59. The molecule has 0 spiro atoms. The summed E-state index contributed by atoms with van der Waals surface area (Å²) in [6.07, 6.45) is 1.71. The Morgan fingerprint density at radius 2 is 2.15 bits per heavy atom. The minimum Gasteiger partial charge on any atom is -0.370 e. The van der Waals surface area contributed by atoms with Crippen molar-refractivity contribution in [1.29, 1.82) is 0 Å². The van der Waals surface area contributed by atoms with E-state index in [2.05, 4.69) is 40.1 Å². The molecule has 2 heterocycles. The number of nitrogens with zero attached hydrogens (tertiary/aromatic N) is 2. The van der Waals surface area contributed by atoms with Crippen LogP contribution < -0.4 is 5.32 Å². The van der Waals surface area contributed by atoms with E-state index < -0.39 is 0 Å². The zero-order valence-corrected chi connectivity index (χ0v) is 14.4. The van der Waals surface area contributed by atoms with Gasteiger partial charge in [-0.1, -0.05) is 13.8 Å². The van der Waals surface area contributed by atoms with Gasteiger partial charge in [-0.15, -0.1) is 0 Å². The number of rotatable bonds is 3. The number of pyridine rings is 1. The molecule has 1 aliphatic rings. The first kappa shape index (κ1) is 15.6. The van der Waals surface area contributed by atoms with E-state index in [1.165, 1.54) is 0 Å². The Kier molecular flexibility index (Phi) is 5.32. The van der Waals surface area contributed by atoms with E-state index in [1.807, 2.05) is 29.7 Å². The number of halogens is 1. The van der Waals surface area contributed by atoms with E-state index in [-0.39, 0.29) is 5.91 Å². The molecule has 1 fully saturated rings. The Labute approximate surface area is 132 Å². The molecular weight excluding hydrogens is 338 g/mol. The van der Waals surface area contributed by atoms with E-state index in [9.17, 15) is 4.79 Å². The highest BCUT2D eigenvalue weighted by Crippen LogP contribution is 2.27. The van der Waals surface area contributed by atoms with Gasteiger partial charge in [-0.2, -0.15) is 11.8 Å². The summed E-state index contributed by atoms with van der Waals surface area (Å²) in [4.78, 5) is 19.0. The zero-order valence-electron chi connectivity index (χ0n) is 12.0. The van der Waals surface area contributed by atoms with Gasteiger partial charge in [-0.05, 0) is 28.9 Å². The third-order valence-corrected chi connectivity index (χ3v) is 4.80. The molecule has 2 rings (SSSR count). The predicted octanol–water partition coefficient (Wildman–Crippen LogP) is 3.24. The number of anilines is 1. The maximum Gasteiger partial charge on any atom is 0.257 e. The quantitative estimate of drug-likeness (QED) is 0.901. The van der Waals surface area contributed by atoms with Crippen LogP contribution in [-0.2, 0) is 0 Å². The minimum atomic E-state index is 0.0637. The van der Waals surface area contributed by atoms with E-state index in [1.54, 1.807) is 6.20 Å². The van der Waals surface area contributed by atoms with Crippen LogP contribution in [0.15, 0.2) is 16.7 Å². The molecule has 0 aliphatic carbocycles. The fraction of sp³-hybridized carbons (Fsp3) is 0.571. The smallest absolute Gasteiger partial charge is 0.257 e. The van der Waals surface area contributed by atoms with Gasteiger partial charge < -0.3 is 10.2 Å². The maximum absolute atomic E-state index is 12.8. The Morgan fingerprint density at radius 3 is 2.75 bits per heavy atom. The van der Waals surface area contributed by atoms with E-state index in [0.29, 0.717) is 21.9 Å². The first-order valence-electron chi connectivity index (χ1n) is 6.85. The van der Waals surface area contributed by atoms with Gasteiger partial charge in [0.05, 0.1) is 5.56 Å². The molecule has 1 aromatic rings. The van der Waals surface area contributed by atoms with Crippen LogP contribution in [0.5, 0.6) is 0 Å². The molecule has 110 valence electrons. The van der Waals surface area contributed by atoms with Gasteiger partial charge in [0.25, 0.3) is 5.91 Å². The topological polar surface area (TPSA) is 45.2 Å². The molecule has 0 radical (unpaired) electrons. The van der Waals surface area contributed by atoms with Gasteiger partial charge in [0.2, 0.25) is 0 Å². The molecule has 4 nitrogen and oxygen atoms in total. The number of thioether (sulfide) groups is 1. The number of carbonyl (C=O) groups is 1. The summed E-state index contributed by atoms with van der Waals surface area (Å²) >= 11 is 5.34. The molecule has 1 N–H and O–H groups in total. The van der Waals surface area contributed by atoms with Crippen molar-refractivity contribution in [1.82, 2.24) is 9.88 Å². The molecule has 1 saturated heterocycles. The zero-order chi connectivity index (χ0) is 14.7. The molecule has 2 unspecified atom stereocenters. The van der Waals surface area contributed by atoms with Crippen LogP contribution in [0.1, 0.15) is 31.1 Å². The molecule has 0 saturated carbocycles. The fourth-order valence-corrected chi connectivity index (χ4v) is 4.08. The van der Waals surface area contributed by atoms with Crippen molar-refractivity contribution in [3.8, 4) is 0 Å². The summed E-state index contributed by atoms with van der Waals surface area (Å²) in [5, 5.41) is 4.12. The van der Waals surface area contributed by atoms with Crippen LogP contribution in [-0.4, -0.2) is 45.9 Å². The van der Waals surface area contributed by atoms with Gasteiger partial charge in [0.15, 0.2) is 0 Å². The Hall–Kier alpha value is -0.750. The van der Waals surface area contributed by atoms with Gasteiger partial charge in [0.1, 0.15) is 5.82 Å². The third-order valence-electron chi connectivity index (χ3n) is 3.14. The summed E-state index contributed by atoms with van der Waals surface area (Å²) in [5.41, 5.74) is 0.646. The lowest BCUT2D eigenvalue weighted by Gasteiger charge is -2.34. The maximum atomic E-state index is 12.8. The second kappa shape index (κ2) is 6.80. The summed E-state index contributed by atoms with van der Waals surface area (Å²) < 4.78 is 0.829. The van der Waals surface area contributed by atoms with Crippen molar-refractivity contribution in [2.45, 2.75) is 31.3 Å². The summed E-state index contributed by atoms with van der Waals surface area (Å²) in [6.45, 7) is 8.69. The lowest BCUT2D eigenvalue weighted by molar-refractivity contribution is 0.0754. The molecule has 1 aromatic heterocycles. The summed E-state index contributed by atoms with van der Waals surface area (Å²) in [6, 6.07) is 1.85. The number of aromatic nitrogens is 1. The number of hydrogen-bond donors (Lipinski definition) is 1. The average Bonchev–Trinajstić information content (AvgIpc) is 2.39. The molecule has 20 heavy (non-hydrogen) atoms. The number of hydrogen-bond acceptors (Lipinski definition) is 4. The van der Waals surface area contributed by atoms with Gasteiger partial charge in [-0.3, -0.25) is 4.79 Å². The lowest BCUT2D eigenvalue weighted by Crippen LogP contribution is -2.44. The van der Waals surface area contributed by atoms with Crippen molar-refractivity contribution < 1.29 is 4.79 Å². The first-order chi connectivity index (χ1) is 9.51. The molecule has 0 bridgehead atoms. The van der Waals surface area contributed by atoms with Gasteiger partial charge in [-0.25, -0.2) is 4.98 Å². The van der Waals surface area contributed by atoms with Crippen LogP contribution in [0.4, 0.5) is 5.82 Å². The van der Waals surface area contributed by atoms with Crippen LogP contribution >= 0.6 is 27.7 Å². The Morgan fingerprint density at radius 1 is 1.50 bits per heavy atom. The van der Waals surface area contributed by atoms with Crippen LogP contribution in [0.2, 0.25) is 0 Å². The molecule has 1 amide bonds. The van der Waals surface area contributed by atoms with Crippen molar-refractivity contribution in [2.24, 2.45) is 0 Å². The lowest BCUT2D eigenvalue weighted by atomic mass is 10.2.